The maximum atomic E-state index is 12.5. The molecule has 1 aromatic carbocycles. The van der Waals surface area contributed by atoms with E-state index in [1.165, 1.54) is 0 Å². The minimum atomic E-state index is 0.0466. The summed E-state index contributed by atoms with van der Waals surface area (Å²) in [5, 5.41) is 0.643. The molecule has 2 rings (SSSR count). The monoisotopic (exact) mass is 336 g/mol. The van der Waals surface area contributed by atoms with Crippen LogP contribution in [0.1, 0.15) is 37.0 Å². The first-order valence-corrected chi connectivity index (χ1v) is 8.54. The molecule has 0 spiro atoms. The Balaban J connectivity index is 1.85. The lowest BCUT2D eigenvalue weighted by Crippen LogP contribution is -2.44. The highest BCUT2D eigenvalue weighted by Crippen LogP contribution is 2.22. The van der Waals surface area contributed by atoms with Gasteiger partial charge < -0.3 is 4.90 Å². The third kappa shape index (κ3) is 4.79. The van der Waals surface area contributed by atoms with E-state index in [9.17, 15) is 9.59 Å². The van der Waals surface area contributed by atoms with E-state index in [0.717, 1.165) is 31.5 Å². The minimum Gasteiger partial charge on any atom is -0.342 e. The quantitative estimate of drug-likeness (QED) is 0.776. The number of rotatable bonds is 5. The van der Waals surface area contributed by atoms with Crippen molar-refractivity contribution in [2.24, 2.45) is 5.92 Å². The Morgan fingerprint density at radius 2 is 1.78 bits per heavy atom. The normalized spacial score (nSPS) is 16.6. The van der Waals surface area contributed by atoms with Crippen molar-refractivity contribution in [2.75, 3.05) is 26.7 Å². The van der Waals surface area contributed by atoms with Crippen LogP contribution in [0, 0.1) is 5.92 Å². The van der Waals surface area contributed by atoms with Crippen LogP contribution in [0.25, 0.3) is 0 Å². The molecule has 0 N–H and O–H groups in total. The van der Waals surface area contributed by atoms with Gasteiger partial charge in [0.05, 0.1) is 6.54 Å². The molecule has 0 atom stereocenters. The lowest BCUT2D eigenvalue weighted by molar-refractivity contribution is -0.132. The first kappa shape index (κ1) is 18.0. The van der Waals surface area contributed by atoms with Crippen LogP contribution < -0.4 is 0 Å². The van der Waals surface area contributed by atoms with Crippen LogP contribution in [0.2, 0.25) is 5.02 Å². The van der Waals surface area contributed by atoms with Crippen LogP contribution in [-0.2, 0) is 4.79 Å². The van der Waals surface area contributed by atoms with E-state index >= 15 is 0 Å². The van der Waals surface area contributed by atoms with Crippen LogP contribution in [-0.4, -0.2) is 54.2 Å². The van der Waals surface area contributed by atoms with Crippen molar-refractivity contribution in [2.45, 2.75) is 32.7 Å². The number of benzene rings is 1. The number of hydrogen-bond acceptors (Lipinski definition) is 3. The molecule has 1 heterocycles. The molecule has 23 heavy (non-hydrogen) atoms. The van der Waals surface area contributed by atoms with Gasteiger partial charge in [-0.15, -0.1) is 0 Å². The Morgan fingerprint density at radius 1 is 1.22 bits per heavy atom. The number of carbonyl (C=O) groups is 2. The molecule has 0 radical (unpaired) electrons. The number of likely N-dealkylation sites (tertiary alicyclic amines) is 1. The Kier molecular flexibility index (Phi) is 6.19. The van der Waals surface area contributed by atoms with Gasteiger partial charge in [0.2, 0.25) is 5.91 Å². The number of hydrogen-bond donors (Lipinski definition) is 0. The maximum absolute atomic E-state index is 12.5. The van der Waals surface area contributed by atoms with E-state index in [1.807, 2.05) is 20.9 Å². The molecule has 1 aliphatic rings. The van der Waals surface area contributed by atoms with Crippen molar-refractivity contribution in [3.8, 4) is 0 Å². The molecule has 0 bridgehead atoms. The Labute approximate surface area is 143 Å². The zero-order valence-electron chi connectivity index (χ0n) is 14.1. The predicted octanol–water partition coefficient (Wildman–Crippen LogP) is 3.10. The standard InChI is InChI=1S/C18H25ClN2O2/c1-13(2)20(3)17(22)12-21-10-8-15(9-11-21)18(23)14-4-6-16(19)7-5-14/h4-7,13,15H,8-12H2,1-3H3. The summed E-state index contributed by atoms with van der Waals surface area (Å²) in [5.74, 6) is 0.375. The summed E-state index contributed by atoms with van der Waals surface area (Å²) in [7, 11) is 1.84. The molecule has 4 nitrogen and oxygen atoms in total. The number of carbonyl (C=O) groups excluding carboxylic acids is 2. The molecular weight excluding hydrogens is 312 g/mol. The summed E-state index contributed by atoms with van der Waals surface area (Å²) in [5.41, 5.74) is 0.725. The van der Waals surface area contributed by atoms with Gasteiger partial charge >= 0.3 is 0 Å². The summed E-state index contributed by atoms with van der Waals surface area (Å²) in [4.78, 5) is 28.5. The third-order valence-corrected chi connectivity index (χ3v) is 4.87. The van der Waals surface area contributed by atoms with E-state index in [2.05, 4.69) is 4.90 Å². The number of likely N-dealkylation sites (N-methyl/N-ethyl adjacent to an activating group) is 1. The van der Waals surface area contributed by atoms with Gasteiger partial charge in [-0.25, -0.2) is 0 Å². The van der Waals surface area contributed by atoms with E-state index in [4.69, 9.17) is 11.6 Å². The molecule has 0 unspecified atom stereocenters. The lowest BCUT2D eigenvalue weighted by Gasteiger charge is -2.32. The van der Waals surface area contributed by atoms with Crippen molar-refractivity contribution in [3.63, 3.8) is 0 Å². The molecular formula is C18H25ClN2O2. The Bertz CT molecular complexity index is 549. The molecule has 5 heteroatoms. The molecule has 1 amide bonds. The van der Waals surface area contributed by atoms with Crippen molar-refractivity contribution in [1.29, 1.82) is 0 Å². The lowest BCUT2D eigenvalue weighted by atomic mass is 9.89. The van der Waals surface area contributed by atoms with Gasteiger partial charge in [-0.3, -0.25) is 14.5 Å². The van der Waals surface area contributed by atoms with Gasteiger partial charge in [0.1, 0.15) is 0 Å². The smallest absolute Gasteiger partial charge is 0.236 e. The molecule has 1 fully saturated rings. The first-order valence-electron chi connectivity index (χ1n) is 8.16. The molecule has 0 saturated carbocycles. The second-order valence-electron chi connectivity index (χ2n) is 6.52. The molecule has 1 saturated heterocycles. The average Bonchev–Trinajstić information content (AvgIpc) is 2.54. The van der Waals surface area contributed by atoms with E-state index in [1.54, 1.807) is 29.2 Å². The van der Waals surface area contributed by atoms with Gasteiger partial charge in [-0.2, -0.15) is 0 Å². The summed E-state index contributed by atoms with van der Waals surface area (Å²) in [6.45, 7) is 6.05. The molecule has 1 aromatic rings. The fourth-order valence-electron chi connectivity index (χ4n) is 2.79. The van der Waals surface area contributed by atoms with Crippen molar-refractivity contribution >= 4 is 23.3 Å². The fraction of sp³-hybridized carbons (Fsp3) is 0.556. The number of amides is 1. The number of nitrogens with zero attached hydrogens (tertiary/aromatic N) is 2. The van der Waals surface area contributed by atoms with Gasteiger partial charge in [-0.05, 0) is 64.0 Å². The number of ketones is 1. The first-order chi connectivity index (χ1) is 10.9. The summed E-state index contributed by atoms with van der Waals surface area (Å²) in [6, 6.07) is 7.30. The molecule has 0 aliphatic carbocycles. The van der Waals surface area contributed by atoms with Gasteiger partial charge in [0, 0.05) is 29.6 Å². The van der Waals surface area contributed by atoms with Crippen molar-refractivity contribution in [3.05, 3.63) is 34.9 Å². The SMILES string of the molecule is CC(C)N(C)C(=O)CN1CCC(C(=O)c2ccc(Cl)cc2)CC1. The van der Waals surface area contributed by atoms with Gasteiger partial charge in [0.15, 0.2) is 5.78 Å². The topological polar surface area (TPSA) is 40.6 Å². The maximum Gasteiger partial charge on any atom is 0.236 e. The van der Waals surface area contributed by atoms with Gasteiger partial charge in [0.25, 0.3) is 0 Å². The highest BCUT2D eigenvalue weighted by molar-refractivity contribution is 6.30. The highest BCUT2D eigenvalue weighted by Gasteiger charge is 2.27. The minimum absolute atomic E-state index is 0.0466. The summed E-state index contributed by atoms with van der Waals surface area (Å²) >= 11 is 5.86. The fourth-order valence-corrected chi connectivity index (χ4v) is 2.92. The van der Waals surface area contributed by atoms with Gasteiger partial charge in [-0.1, -0.05) is 11.6 Å². The number of halogens is 1. The molecule has 126 valence electrons. The largest absolute Gasteiger partial charge is 0.342 e. The predicted molar refractivity (Wildman–Crippen MR) is 92.9 cm³/mol. The number of piperidine rings is 1. The van der Waals surface area contributed by atoms with Crippen LogP contribution >= 0.6 is 11.6 Å². The Hall–Kier alpha value is -1.39. The number of Topliss-reactive ketones (excluding diaryl/α,β-unsaturated/α-hetero) is 1. The van der Waals surface area contributed by atoms with E-state index < -0.39 is 0 Å². The van der Waals surface area contributed by atoms with Crippen LogP contribution in [0.4, 0.5) is 0 Å². The third-order valence-electron chi connectivity index (χ3n) is 4.61. The van der Waals surface area contributed by atoms with Crippen molar-refractivity contribution in [1.82, 2.24) is 9.80 Å². The van der Waals surface area contributed by atoms with Crippen LogP contribution in [0.5, 0.6) is 0 Å². The second kappa shape index (κ2) is 7.93. The van der Waals surface area contributed by atoms with Crippen LogP contribution in [0.3, 0.4) is 0 Å². The second-order valence-corrected chi connectivity index (χ2v) is 6.96. The molecule has 1 aliphatic heterocycles. The van der Waals surface area contributed by atoms with E-state index in [0.29, 0.717) is 11.6 Å². The van der Waals surface area contributed by atoms with E-state index in [-0.39, 0.29) is 23.7 Å². The average molecular weight is 337 g/mol. The summed E-state index contributed by atoms with van der Waals surface area (Å²) in [6.07, 6.45) is 1.61. The zero-order valence-corrected chi connectivity index (χ0v) is 14.8. The molecule has 0 aromatic heterocycles. The highest BCUT2D eigenvalue weighted by atomic mass is 35.5. The van der Waals surface area contributed by atoms with Crippen LogP contribution in [0.15, 0.2) is 24.3 Å². The van der Waals surface area contributed by atoms with Crippen molar-refractivity contribution < 1.29 is 9.59 Å². The Morgan fingerprint density at radius 3 is 2.30 bits per heavy atom. The summed E-state index contributed by atoms with van der Waals surface area (Å²) < 4.78 is 0. The zero-order chi connectivity index (χ0) is 17.0.